The molecule has 0 radical (unpaired) electrons. The van der Waals surface area contributed by atoms with E-state index in [9.17, 15) is 13.5 Å². The van der Waals surface area contributed by atoms with E-state index in [-0.39, 0.29) is 10.7 Å². The van der Waals surface area contributed by atoms with Gasteiger partial charge in [-0.2, -0.15) is 0 Å². The van der Waals surface area contributed by atoms with Crippen LogP contribution in [0.15, 0.2) is 23.1 Å². The lowest BCUT2D eigenvalue weighted by Crippen LogP contribution is -2.40. The van der Waals surface area contributed by atoms with Crippen LogP contribution in [0.3, 0.4) is 0 Å². The van der Waals surface area contributed by atoms with Crippen LogP contribution >= 0.6 is 0 Å². The van der Waals surface area contributed by atoms with E-state index in [2.05, 4.69) is 30.7 Å². The van der Waals surface area contributed by atoms with Crippen LogP contribution in [-0.4, -0.2) is 60.2 Å². The highest BCUT2D eigenvalue weighted by atomic mass is 32.2. The van der Waals surface area contributed by atoms with Crippen LogP contribution in [0, 0.1) is 5.41 Å². The average molecular weight is 450 g/mol. The Bertz CT molecular complexity index is 1030. The number of sulfone groups is 1. The molecule has 2 aliphatic rings. The highest BCUT2D eigenvalue weighted by Crippen LogP contribution is 2.31. The first-order valence-corrected chi connectivity index (χ1v) is 12.9. The maximum atomic E-state index is 13.2. The van der Waals surface area contributed by atoms with Gasteiger partial charge in [-0.1, -0.05) is 20.8 Å². The number of ether oxygens (including phenoxy) is 1. The van der Waals surface area contributed by atoms with Gasteiger partial charge in [-0.25, -0.2) is 13.4 Å². The fourth-order valence-corrected chi connectivity index (χ4v) is 6.40. The molecule has 2 saturated heterocycles. The van der Waals surface area contributed by atoms with Gasteiger partial charge in [0.15, 0.2) is 9.84 Å². The van der Waals surface area contributed by atoms with Crippen molar-refractivity contribution in [2.24, 2.45) is 5.41 Å². The number of hydrogen-bond donors (Lipinski definition) is 2. The Morgan fingerprint density at radius 2 is 1.90 bits per heavy atom. The predicted octanol–water partition coefficient (Wildman–Crippen LogP) is 2.69. The molecule has 1 aromatic heterocycles. The summed E-state index contributed by atoms with van der Waals surface area (Å²) in [5.74, 6) is 0.888. The summed E-state index contributed by atoms with van der Waals surface area (Å²) in [4.78, 5) is 5.21. The minimum absolute atomic E-state index is 0.0153. The first-order valence-electron chi connectivity index (χ1n) is 11.3. The van der Waals surface area contributed by atoms with Crippen molar-refractivity contribution in [2.45, 2.75) is 75.2 Å². The smallest absolute Gasteiger partial charge is 0.181 e. The number of fused-ring (bicyclic) bond motifs is 1. The molecule has 31 heavy (non-hydrogen) atoms. The first-order chi connectivity index (χ1) is 14.6. The Hall–Kier alpha value is -1.48. The highest BCUT2D eigenvalue weighted by Gasteiger charge is 2.33. The zero-order valence-electron chi connectivity index (χ0n) is 18.9. The molecule has 172 valence electrons. The lowest BCUT2D eigenvalue weighted by atomic mass is 9.91. The number of rotatable bonds is 5. The van der Waals surface area contributed by atoms with Gasteiger partial charge in [0.25, 0.3) is 0 Å². The van der Waals surface area contributed by atoms with E-state index in [1.54, 1.807) is 12.1 Å². The molecule has 1 aromatic carbocycles. The summed E-state index contributed by atoms with van der Waals surface area (Å²) in [7, 11) is -3.39. The summed E-state index contributed by atoms with van der Waals surface area (Å²) in [6.45, 7) is 9.50. The summed E-state index contributed by atoms with van der Waals surface area (Å²) in [6.07, 6.45) is 3.19. The van der Waals surface area contributed by atoms with Gasteiger partial charge in [0.2, 0.25) is 0 Å². The molecule has 0 aliphatic carbocycles. The number of aliphatic hydroxyl groups is 1. The standard InChI is InChI=1S/C23H35N3O4S/c1-22(2,3)15-21-25-19-14-18(31(28,29)17-6-10-24-11-7-17)4-5-20(19)26(21)16-23(27)8-12-30-13-9-23/h4-5,14,17,24,27H,6-13,15-16H2,1-3H3. The molecule has 7 nitrogen and oxygen atoms in total. The third-order valence-corrected chi connectivity index (χ3v) is 8.68. The fourth-order valence-electron chi connectivity index (χ4n) is 4.62. The second-order valence-corrected chi connectivity index (χ2v) is 12.6. The molecule has 2 fully saturated rings. The maximum Gasteiger partial charge on any atom is 0.181 e. The number of imidazole rings is 1. The van der Waals surface area contributed by atoms with Gasteiger partial charge >= 0.3 is 0 Å². The van der Waals surface area contributed by atoms with Crippen molar-refractivity contribution in [1.82, 2.24) is 14.9 Å². The van der Waals surface area contributed by atoms with Crippen molar-refractivity contribution in [3.05, 3.63) is 24.0 Å². The molecule has 2 aromatic rings. The molecule has 4 rings (SSSR count). The van der Waals surface area contributed by atoms with E-state index in [0.29, 0.717) is 55.9 Å². The summed E-state index contributed by atoms with van der Waals surface area (Å²) in [5, 5.41) is 14.0. The molecular weight excluding hydrogens is 414 g/mol. The van der Waals surface area contributed by atoms with Gasteiger partial charge in [-0.15, -0.1) is 0 Å². The zero-order valence-corrected chi connectivity index (χ0v) is 19.7. The average Bonchev–Trinajstić information content (AvgIpc) is 3.03. The van der Waals surface area contributed by atoms with E-state index in [4.69, 9.17) is 9.72 Å². The minimum atomic E-state index is -3.39. The third-order valence-electron chi connectivity index (χ3n) is 6.42. The van der Waals surface area contributed by atoms with Crippen molar-refractivity contribution in [3.63, 3.8) is 0 Å². The monoisotopic (exact) mass is 449 g/mol. The molecule has 0 bridgehead atoms. The predicted molar refractivity (Wildman–Crippen MR) is 121 cm³/mol. The Morgan fingerprint density at radius 1 is 1.23 bits per heavy atom. The number of nitrogens with zero attached hydrogens (tertiary/aromatic N) is 2. The quantitative estimate of drug-likeness (QED) is 0.729. The summed E-state index contributed by atoms with van der Waals surface area (Å²) >= 11 is 0. The Kier molecular flexibility index (Phi) is 6.20. The van der Waals surface area contributed by atoms with Gasteiger partial charge in [0, 0.05) is 32.5 Å². The molecule has 0 amide bonds. The summed E-state index contributed by atoms with van der Waals surface area (Å²) in [6, 6.07) is 5.31. The maximum absolute atomic E-state index is 13.2. The summed E-state index contributed by atoms with van der Waals surface area (Å²) in [5.41, 5.74) is 0.744. The number of aromatic nitrogens is 2. The molecule has 0 unspecified atom stereocenters. The van der Waals surface area contributed by atoms with Crippen molar-refractivity contribution in [1.29, 1.82) is 0 Å². The second-order valence-electron chi connectivity index (χ2n) is 10.3. The van der Waals surface area contributed by atoms with Crippen molar-refractivity contribution in [3.8, 4) is 0 Å². The normalized spacial score (nSPS) is 20.9. The zero-order chi connectivity index (χ0) is 22.3. The lowest BCUT2D eigenvalue weighted by molar-refractivity contribution is -0.0727. The van der Waals surface area contributed by atoms with Gasteiger partial charge in [0.05, 0.1) is 33.3 Å². The Balaban J connectivity index is 1.74. The van der Waals surface area contributed by atoms with E-state index in [1.165, 1.54) is 0 Å². The van der Waals surface area contributed by atoms with Gasteiger partial charge in [-0.05, 0) is 49.5 Å². The van der Waals surface area contributed by atoms with Crippen LogP contribution in [0.5, 0.6) is 0 Å². The molecule has 0 spiro atoms. The minimum Gasteiger partial charge on any atom is -0.388 e. The first kappa shape index (κ1) is 22.7. The molecular formula is C23H35N3O4S. The van der Waals surface area contributed by atoms with Crippen molar-refractivity contribution < 1.29 is 18.3 Å². The Morgan fingerprint density at radius 3 is 2.55 bits per heavy atom. The largest absolute Gasteiger partial charge is 0.388 e. The fraction of sp³-hybridized carbons (Fsp3) is 0.696. The van der Waals surface area contributed by atoms with Crippen LogP contribution in [-0.2, 0) is 27.5 Å². The van der Waals surface area contributed by atoms with E-state index in [1.807, 2.05) is 6.07 Å². The van der Waals surface area contributed by atoms with E-state index >= 15 is 0 Å². The van der Waals surface area contributed by atoms with Crippen LogP contribution in [0.4, 0.5) is 0 Å². The molecule has 2 N–H and O–H groups in total. The SMILES string of the molecule is CC(C)(C)Cc1nc2cc(S(=O)(=O)C3CCNCC3)ccc2n1CC1(O)CCOCC1. The topological polar surface area (TPSA) is 93.5 Å². The van der Waals surface area contributed by atoms with Crippen molar-refractivity contribution >= 4 is 20.9 Å². The summed E-state index contributed by atoms with van der Waals surface area (Å²) < 4.78 is 33.9. The highest BCUT2D eigenvalue weighted by molar-refractivity contribution is 7.92. The van der Waals surface area contributed by atoms with Gasteiger partial charge in [-0.3, -0.25) is 0 Å². The van der Waals surface area contributed by atoms with Crippen molar-refractivity contribution in [2.75, 3.05) is 26.3 Å². The van der Waals surface area contributed by atoms with Gasteiger partial charge < -0.3 is 19.7 Å². The number of nitrogens with one attached hydrogen (secondary N) is 1. The van der Waals surface area contributed by atoms with Crippen LogP contribution in [0.2, 0.25) is 0 Å². The molecule has 2 aliphatic heterocycles. The lowest BCUT2D eigenvalue weighted by Gasteiger charge is -2.33. The number of benzene rings is 1. The van der Waals surface area contributed by atoms with Crippen LogP contribution in [0.25, 0.3) is 11.0 Å². The van der Waals surface area contributed by atoms with Gasteiger partial charge in [0.1, 0.15) is 5.82 Å². The number of hydrogen-bond acceptors (Lipinski definition) is 6. The number of piperidine rings is 1. The van der Waals surface area contributed by atoms with Crippen LogP contribution in [0.1, 0.15) is 52.3 Å². The van der Waals surface area contributed by atoms with Crippen LogP contribution < -0.4 is 5.32 Å². The second kappa shape index (κ2) is 8.46. The van der Waals surface area contributed by atoms with E-state index in [0.717, 1.165) is 30.9 Å². The van der Waals surface area contributed by atoms with E-state index < -0.39 is 15.4 Å². The molecule has 0 atom stereocenters. The molecule has 0 saturated carbocycles. The molecule has 3 heterocycles. The Labute approximate surface area is 185 Å². The molecule has 8 heteroatoms. The third kappa shape index (κ3) is 4.97.